The average molecular weight is 424 g/mol. The number of ether oxygens (including phenoxy) is 4. The largest absolute Gasteiger partial charge is 0.497 e. The van der Waals surface area contributed by atoms with Crippen molar-refractivity contribution >= 4 is 22.3 Å². The molecule has 31 heavy (non-hydrogen) atoms. The number of rotatable bonds is 7. The lowest BCUT2D eigenvalue weighted by Crippen LogP contribution is -2.31. The maximum atomic E-state index is 11.4. The molecule has 0 saturated heterocycles. The predicted molar refractivity (Wildman–Crippen MR) is 115 cm³/mol. The van der Waals surface area contributed by atoms with Crippen molar-refractivity contribution in [2.45, 2.75) is 25.7 Å². The van der Waals surface area contributed by atoms with Crippen LogP contribution in [0.15, 0.2) is 42.0 Å². The fraction of sp³-hybridized carbons (Fsp3) is 0.333. The quantitative estimate of drug-likeness (QED) is 0.464. The highest BCUT2D eigenvalue weighted by molar-refractivity contribution is 5.90. The highest BCUT2D eigenvalue weighted by atomic mass is 16.5. The fourth-order valence-corrected chi connectivity index (χ4v) is 4.34. The van der Waals surface area contributed by atoms with E-state index in [0.717, 1.165) is 39.1 Å². The smallest absolute Gasteiger partial charge is 0.303 e. The summed E-state index contributed by atoms with van der Waals surface area (Å²) in [6.45, 7) is 0. The molecule has 4 rings (SSSR count). The van der Waals surface area contributed by atoms with Crippen LogP contribution in [0.5, 0.6) is 11.5 Å². The molecule has 162 valence electrons. The van der Waals surface area contributed by atoms with Gasteiger partial charge in [-0.25, -0.2) is 0 Å². The molecule has 2 aromatic heterocycles. The summed E-state index contributed by atoms with van der Waals surface area (Å²) in [7, 11) is 6.51. The van der Waals surface area contributed by atoms with Crippen LogP contribution in [0.1, 0.15) is 23.2 Å². The Labute approximate surface area is 180 Å². The van der Waals surface area contributed by atoms with Crippen LogP contribution in [0.4, 0.5) is 0 Å². The Morgan fingerprint density at radius 3 is 2.29 bits per heavy atom. The molecule has 0 amide bonds. The number of pyridine rings is 2. The van der Waals surface area contributed by atoms with Crippen LogP contribution in [-0.2, 0) is 33.5 Å². The van der Waals surface area contributed by atoms with Crippen molar-refractivity contribution in [3.63, 3.8) is 0 Å². The van der Waals surface area contributed by atoms with E-state index in [1.165, 1.54) is 5.56 Å². The van der Waals surface area contributed by atoms with Crippen molar-refractivity contribution in [2.75, 3.05) is 28.4 Å². The van der Waals surface area contributed by atoms with Crippen molar-refractivity contribution in [2.24, 2.45) is 0 Å². The van der Waals surface area contributed by atoms with Crippen molar-refractivity contribution in [3.8, 4) is 11.5 Å². The Morgan fingerprint density at radius 2 is 1.65 bits per heavy atom. The number of carbonyl (C=O) groups is 1. The van der Waals surface area contributed by atoms with Gasteiger partial charge in [-0.15, -0.1) is 0 Å². The second-order valence-electron chi connectivity index (χ2n) is 7.46. The van der Waals surface area contributed by atoms with Gasteiger partial charge in [0.25, 0.3) is 0 Å². The monoisotopic (exact) mass is 424 g/mol. The number of hydrogen-bond donors (Lipinski definition) is 1. The molecule has 3 aromatic rings. The minimum Gasteiger partial charge on any atom is -0.497 e. The lowest BCUT2D eigenvalue weighted by Gasteiger charge is -2.21. The second kappa shape index (κ2) is 8.34. The number of hydrogen-bond acceptors (Lipinski definition) is 5. The van der Waals surface area contributed by atoms with Gasteiger partial charge in [0.1, 0.15) is 11.5 Å². The fourth-order valence-electron chi connectivity index (χ4n) is 4.34. The maximum Gasteiger partial charge on any atom is 0.303 e. The summed E-state index contributed by atoms with van der Waals surface area (Å²) >= 11 is 0. The van der Waals surface area contributed by atoms with Crippen LogP contribution in [0.2, 0.25) is 0 Å². The van der Waals surface area contributed by atoms with E-state index in [1.807, 2.05) is 18.3 Å². The standard InChI is InChI=1S/C24H25NO6/c1-28-20-10-14-7-8-25-18(5-6-24(26)27)17-13-23(31-4)21(29-2)11-15(17)9-19(25)16(14)12-22(20)30-3/h7-9,11,13H,5-6,10,12H2,1-4H3/p+1. The van der Waals surface area contributed by atoms with Crippen LogP contribution in [0, 0.1) is 0 Å². The first kappa shape index (κ1) is 20.8. The Morgan fingerprint density at radius 1 is 0.968 bits per heavy atom. The number of aromatic nitrogens is 1. The van der Waals surface area contributed by atoms with Crippen LogP contribution in [0.3, 0.4) is 0 Å². The van der Waals surface area contributed by atoms with Crippen LogP contribution in [0.25, 0.3) is 16.3 Å². The van der Waals surface area contributed by atoms with E-state index in [4.69, 9.17) is 18.9 Å². The zero-order chi connectivity index (χ0) is 22.1. The molecule has 0 aliphatic heterocycles. The highest BCUT2D eigenvalue weighted by Gasteiger charge is 2.28. The van der Waals surface area contributed by atoms with Gasteiger partial charge in [-0.1, -0.05) is 0 Å². The molecule has 0 unspecified atom stereocenters. The van der Waals surface area contributed by atoms with E-state index in [0.29, 0.717) is 30.8 Å². The number of carboxylic acids is 1. The summed E-state index contributed by atoms with van der Waals surface area (Å²) < 4.78 is 24.2. The normalized spacial score (nSPS) is 13.3. The van der Waals surface area contributed by atoms with Gasteiger partial charge in [-0.3, -0.25) is 4.79 Å². The van der Waals surface area contributed by atoms with Crippen molar-refractivity contribution in [1.29, 1.82) is 0 Å². The van der Waals surface area contributed by atoms with E-state index in [9.17, 15) is 9.90 Å². The van der Waals surface area contributed by atoms with Gasteiger partial charge in [-0.05, 0) is 23.1 Å². The molecule has 1 N–H and O–H groups in total. The number of aryl methyl sites for hydroxylation is 1. The first-order chi connectivity index (χ1) is 15.0. The molecular formula is C24H26NO6+. The molecule has 1 aliphatic rings. The molecular weight excluding hydrogens is 398 g/mol. The predicted octanol–water partition coefficient (Wildman–Crippen LogP) is 3.22. The van der Waals surface area contributed by atoms with E-state index >= 15 is 0 Å². The number of aliphatic carboxylic acids is 1. The maximum absolute atomic E-state index is 11.4. The topological polar surface area (TPSA) is 78.3 Å². The number of allylic oxidation sites excluding steroid dienone is 2. The van der Waals surface area contributed by atoms with Gasteiger partial charge in [0.15, 0.2) is 23.4 Å². The third-order valence-corrected chi connectivity index (χ3v) is 5.90. The second-order valence-corrected chi connectivity index (χ2v) is 7.46. The SMILES string of the molecule is COC1=C(OC)Cc2c(cc[n+]3c(CCC(=O)O)c4cc(OC)c(OC)cc4cc23)C1. The van der Waals surface area contributed by atoms with E-state index in [2.05, 4.69) is 16.5 Å². The number of nitrogens with zero attached hydrogens (tertiary/aromatic N) is 1. The van der Waals surface area contributed by atoms with Gasteiger partial charge in [-0.2, -0.15) is 4.40 Å². The summed E-state index contributed by atoms with van der Waals surface area (Å²) in [6, 6.07) is 8.05. The van der Waals surface area contributed by atoms with Crippen LogP contribution >= 0.6 is 0 Å². The van der Waals surface area contributed by atoms with Crippen molar-refractivity contribution < 1.29 is 33.2 Å². The lowest BCUT2D eigenvalue weighted by molar-refractivity contribution is -0.520. The molecule has 1 aromatic carbocycles. The summed E-state index contributed by atoms with van der Waals surface area (Å²) in [5, 5.41) is 11.2. The van der Waals surface area contributed by atoms with Gasteiger partial charge >= 0.3 is 5.97 Å². The van der Waals surface area contributed by atoms with Crippen molar-refractivity contribution in [3.05, 3.63) is 58.8 Å². The van der Waals surface area contributed by atoms with Crippen molar-refractivity contribution in [1.82, 2.24) is 0 Å². The number of methoxy groups -OCH3 is 4. The average Bonchev–Trinajstić information content (AvgIpc) is 2.79. The van der Waals surface area contributed by atoms with Crippen LogP contribution in [-0.4, -0.2) is 39.5 Å². The molecule has 2 heterocycles. The molecule has 0 bridgehead atoms. The minimum absolute atomic E-state index is 0.0314. The lowest BCUT2D eigenvalue weighted by atomic mass is 9.92. The molecule has 7 heteroatoms. The summed E-state index contributed by atoms with van der Waals surface area (Å²) in [6.07, 6.45) is 3.69. The minimum atomic E-state index is -0.835. The van der Waals surface area contributed by atoms with Gasteiger partial charge < -0.3 is 24.1 Å². The Hall–Kier alpha value is -3.48. The zero-order valence-electron chi connectivity index (χ0n) is 18.2. The summed E-state index contributed by atoms with van der Waals surface area (Å²) in [5.74, 6) is 2.05. The number of carboxylic acid groups (broad SMARTS) is 1. The van der Waals surface area contributed by atoms with E-state index < -0.39 is 5.97 Å². The molecule has 0 spiro atoms. The summed E-state index contributed by atoms with van der Waals surface area (Å²) in [5.41, 5.74) is 4.25. The number of benzene rings is 1. The zero-order valence-corrected chi connectivity index (χ0v) is 18.2. The Bertz CT molecular complexity index is 1210. The number of fused-ring (bicyclic) bond motifs is 4. The van der Waals surface area contributed by atoms with Gasteiger partial charge in [0.05, 0.1) is 40.2 Å². The first-order valence-corrected chi connectivity index (χ1v) is 10.1. The van der Waals surface area contributed by atoms with Gasteiger partial charge in [0, 0.05) is 37.0 Å². The third kappa shape index (κ3) is 3.60. The van der Waals surface area contributed by atoms with Gasteiger partial charge in [0.2, 0.25) is 5.52 Å². The Kier molecular flexibility index (Phi) is 5.59. The molecule has 7 nitrogen and oxygen atoms in total. The third-order valence-electron chi connectivity index (χ3n) is 5.90. The molecule has 0 radical (unpaired) electrons. The molecule has 0 fully saturated rings. The van der Waals surface area contributed by atoms with Crippen LogP contribution < -0.4 is 13.9 Å². The first-order valence-electron chi connectivity index (χ1n) is 10.1. The highest BCUT2D eigenvalue weighted by Crippen LogP contribution is 2.35. The Balaban J connectivity index is 2.02. The molecule has 1 aliphatic carbocycles. The van der Waals surface area contributed by atoms with E-state index in [-0.39, 0.29) is 6.42 Å². The molecule has 0 atom stereocenters. The van der Waals surface area contributed by atoms with E-state index in [1.54, 1.807) is 28.4 Å². The summed E-state index contributed by atoms with van der Waals surface area (Å²) in [4.78, 5) is 11.4. The molecule has 0 saturated carbocycles.